The first-order valence-electron chi connectivity index (χ1n) is 18.6. The number of aryl methyl sites for hydroxylation is 1. The topological polar surface area (TPSA) is 27.2 Å². The van der Waals surface area contributed by atoms with Crippen LogP contribution in [-0.4, -0.2) is 18.5 Å². The first-order valence-corrected chi connectivity index (χ1v) is 18.6. The first kappa shape index (κ1) is 31.1. The van der Waals surface area contributed by atoms with Crippen LogP contribution in [0.15, 0.2) is 152 Å². The van der Waals surface area contributed by atoms with E-state index in [9.17, 15) is 0 Å². The van der Waals surface area contributed by atoms with Crippen molar-refractivity contribution in [1.29, 1.82) is 0 Å². The van der Waals surface area contributed by atoms with Gasteiger partial charge in [-0.1, -0.05) is 117 Å². The maximum Gasteiger partial charge on any atom is 0.147 e. The van der Waals surface area contributed by atoms with E-state index < -0.39 is 0 Å². The van der Waals surface area contributed by atoms with E-state index in [1.165, 1.54) is 70.9 Å². The first-order chi connectivity index (χ1) is 26.2. The van der Waals surface area contributed by atoms with Crippen LogP contribution < -0.4 is 0 Å². The summed E-state index contributed by atoms with van der Waals surface area (Å²) in [5.41, 5.74) is 12.6. The highest BCUT2D eigenvalue weighted by atomic mass is 15.1. The molecule has 0 unspecified atom stereocenters. The Labute approximate surface area is 307 Å². The predicted octanol–water partition coefficient (Wildman–Crippen LogP) is 13.4. The number of fused-ring (bicyclic) bond motifs is 15. The molecule has 0 atom stereocenters. The van der Waals surface area contributed by atoms with Gasteiger partial charge in [0.15, 0.2) is 0 Å². The summed E-state index contributed by atoms with van der Waals surface area (Å²) in [6.45, 7) is 8.35. The number of imidazole rings is 1. The molecule has 7 aromatic carbocycles. The summed E-state index contributed by atoms with van der Waals surface area (Å²) in [5, 5.41) is 9.77. The van der Waals surface area contributed by atoms with Gasteiger partial charge in [-0.2, -0.15) is 0 Å². The summed E-state index contributed by atoms with van der Waals surface area (Å²) in [4.78, 5) is 5.25. The predicted molar refractivity (Wildman–Crippen MR) is 227 cm³/mol. The molecule has 0 saturated heterocycles. The van der Waals surface area contributed by atoms with Crippen LogP contribution in [0.2, 0.25) is 0 Å². The van der Waals surface area contributed by atoms with Crippen molar-refractivity contribution in [2.24, 2.45) is 0 Å². The number of aromatic nitrogens is 4. The molecule has 0 aliphatic carbocycles. The molecule has 11 aromatic rings. The molecule has 0 radical (unpaired) electrons. The Morgan fingerprint density at radius 1 is 0.509 bits per heavy atom. The molecular formula is C49H38N4. The molecule has 4 heterocycles. The molecule has 4 nitrogen and oxygen atoms in total. The Morgan fingerprint density at radius 3 is 2.02 bits per heavy atom. The van der Waals surface area contributed by atoms with Crippen molar-refractivity contribution in [2.75, 3.05) is 0 Å². The molecule has 254 valence electrons. The van der Waals surface area contributed by atoms with Gasteiger partial charge in [-0.05, 0) is 90.2 Å². The number of hydrogen-bond donors (Lipinski definition) is 0. The zero-order valence-corrected chi connectivity index (χ0v) is 30.3. The third kappa shape index (κ3) is 4.33. The van der Waals surface area contributed by atoms with E-state index in [1.807, 2.05) is 13.8 Å². The molecule has 0 bridgehead atoms. The van der Waals surface area contributed by atoms with E-state index >= 15 is 0 Å². The summed E-state index contributed by atoms with van der Waals surface area (Å²) in [6, 6.07) is 53.0. The number of pyridine rings is 1. The van der Waals surface area contributed by atoms with Crippen molar-refractivity contribution in [1.82, 2.24) is 18.5 Å². The van der Waals surface area contributed by atoms with Gasteiger partial charge in [-0.15, -0.1) is 0 Å². The van der Waals surface area contributed by atoms with E-state index in [-0.39, 0.29) is 0 Å². The quantitative estimate of drug-likeness (QED) is 0.170. The van der Waals surface area contributed by atoms with Gasteiger partial charge in [-0.3, -0.25) is 4.40 Å². The molecule has 0 saturated carbocycles. The molecule has 11 rings (SSSR count). The molecule has 53 heavy (non-hydrogen) atoms. The number of para-hydroxylation sites is 4. The van der Waals surface area contributed by atoms with Crippen molar-refractivity contribution in [3.8, 4) is 11.4 Å². The fraction of sp³-hybridized carbons (Fsp3) is 0.0816. The minimum Gasteiger partial charge on any atom is -0.308 e. The van der Waals surface area contributed by atoms with E-state index in [2.05, 4.69) is 185 Å². The van der Waals surface area contributed by atoms with E-state index in [4.69, 9.17) is 4.98 Å². The maximum absolute atomic E-state index is 5.25. The lowest BCUT2D eigenvalue weighted by atomic mass is 9.99. The van der Waals surface area contributed by atoms with Crippen LogP contribution in [0.25, 0.3) is 99.3 Å². The van der Waals surface area contributed by atoms with Crippen molar-refractivity contribution in [2.45, 2.75) is 27.7 Å². The van der Waals surface area contributed by atoms with Gasteiger partial charge in [0.1, 0.15) is 5.65 Å². The van der Waals surface area contributed by atoms with Crippen LogP contribution in [0.5, 0.6) is 0 Å². The lowest BCUT2D eigenvalue weighted by molar-refractivity contribution is 1.09. The normalized spacial score (nSPS) is 12.1. The lowest BCUT2D eigenvalue weighted by Gasteiger charge is -2.15. The Hall–Kier alpha value is -6.65. The zero-order chi connectivity index (χ0) is 35.8. The molecule has 0 amide bonds. The fourth-order valence-electron chi connectivity index (χ4n) is 8.71. The van der Waals surface area contributed by atoms with Gasteiger partial charge in [-0.25, -0.2) is 4.98 Å². The van der Waals surface area contributed by atoms with Crippen molar-refractivity contribution >= 4 is 87.9 Å². The standard InChI is InChI=1S/C47H32N4.C2H6/c1-3-13-40-29(2)33-25-26-37-35-18-9-11-20-41(35)50(46(37)45(33)49(40)31-15-5-4-6-16-31)32-23-27-42-38(28-32)36-24-22-30-14-7-8-17-34(30)44(36)47-48-39-19-10-12-21-43(39)51(42)47;1-2/h3-28H,1-2H3;1-2H3/b13-3-;. The number of rotatable bonds is 3. The highest BCUT2D eigenvalue weighted by Crippen LogP contribution is 2.43. The van der Waals surface area contributed by atoms with Crippen molar-refractivity contribution in [3.63, 3.8) is 0 Å². The second kappa shape index (κ2) is 12.0. The maximum atomic E-state index is 5.25. The Balaban J connectivity index is 0.00000172. The summed E-state index contributed by atoms with van der Waals surface area (Å²) in [6.07, 6.45) is 4.39. The molecule has 4 heteroatoms. The molecule has 0 fully saturated rings. The SMILES string of the molecule is C/C=C\c1c(C)c2ccc3c4ccccc4n(-c4ccc5c(c4)c4ccc6ccccc6c4c4nc6ccccc6n54)c3c2n1-c1ccccc1.CC. The van der Waals surface area contributed by atoms with Crippen molar-refractivity contribution < 1.29 is 0 Å². The Morgan fingerprint density at radius 2 is 1.19 bits per heavy atom. The number of allylic oxidation sites excluding steroid dienone is 1. The van der Waals surface area contributed by atoms with E-state index in [1.54, 1.807) is 0 Å². The molecule has 0 aliphatic heterocycles. The van der Waals surface area contributed by atoms with Gasteiger partial charge in [0.25, 0.3) is 0 Å². The number of benzene rings is 7. The molecular weight excluding hydrogens is 645 g/mol. The van der Waals surface area contributed by atoms with Gasteiger partial charge >= 0.3 is 0 Å². The Bertz CT molecular complexity index is 3260. The van der Waals surface area contributed by atoms with Gasteiger partial charge < -0.3 is 9.13 Å². The third-order valence-corrected chi connectivity index (χ3v) is 10.9. The second-order valence-corrected chi connectivity index (χ2v) is 13.6. The number of nitrogens with zero attached hydrogens (tertiary/aromatic N) is 4. The minimum absolute atomic E-state index is 0.995. The third-order valence-electron chi connectivity index (χ3n) is 10.9. The molecule has 4 aromatic heterocycles. The van der Waals surface area contributed by atoms with E-state index in [0.29, 0.717) is 0 Å². The summed E-state index contributed by atoms with van der Waals surface area (Å²) in [5.74, 6) is 0. The van der Waals surface area contributed by atoms with Crippen LogP contribution in [0, 0.1) is 6.92 Å². The molecule has 0 aliphatic rings. The Kier molecular flexibility index (Phi) is 7.02. The van der Waals surface area contributed by atoms with Crippen molar-refractivity contribution in [3.05, 3.63) is 163 Å². The van der Waals surface area contributed by atoms with Crippen LogP contribution in [0.1, 0.15) is 32.0 Å². The molecule has 0 N–H and O–H groups in total. The minimum atomic E-state index is 0.995. The monoisotopic (exact) mass is 682 g/mol. The lowest BCUT2D eigenvalue weighted by Crippen LogP contribution is -2.01. The van der Waals surface area contributed by atoms with Gasteiger partial charge in [0.2, 0.25) is 0 Å². The van der Waals surface area contributed by atoms with Crippen LogP contribution in [0.3, 0.4) is 0 Å². The largest absolute Gasteiger partial charge is 0.308 e. The van der Waals surface area contributed by atoms with Crippen LogP contribution >= 0.6 is 0 Å². The fourth-order valence-corrected chi connectivity index (χ4v) is 8.71. The van der Waals surface area contributed by atoms with Crippen LogP contribution in [-0.2, 0) is 0 Å². The van der Waals surface area contributed by atoms with Gasteiger partial charge in [0, 0.05) is 44.0 Å². The second-order valence-electron chi connectivity index (χ2n) is 13.6. The number of hydrogen-bond acceptors (Lipinski definition) is 1. The summed E-state index contributed by atoms with van der Waals surface area (Å²) in [7, 11) is 0. The van der Waals surface area contributed by atoms with E-state index in [0.717, 1.165) is 33.6 Å². The zero-order valence-electron chi connectivity index (χ0n) is 30.3. The highest BCUT2D eigenvalue weighted by molar-refractivity contribution is 6.24. The van der Waals surface area contributed by atoms with Crippen LogP contribution in [0.4, 0.5) is 0 Å². The smallest absolute Gasteiger partial charge is 0.147 e. The average Bonchev–Trinajstić information content (AvgIpc) is 3.86. The highest BCUT2D eigenvalue weighted by Gasteiger charge is 2.23. The molecule has 0 spiro atoms. The average molecular weight is 683 g/mol. The summed E-state index contributed by atoms with van der Waals surface area (Å²) >= 11 is 0. The van der Waals surface area contributed by atoms with Gasteiger partial charge in [0.05, 0.1) is 33.1 Å². The summed E-state index contributed by atoms with van der Waals surface area (Å²) < 4.78 is 7.31.